The average Bonchev–Trinajstić information content (AvgIpc) is 3.76. The standard InChI is InChI=1S/C40H70N4O4S2/c1-5-7-9-11-13-15-17-19-21-23-33-49-35(3)25-29-43-31-27-41-39(43)47-37(45)38(46)48-40-42-28-32-44(40)30-26-36(4)50-34-24-22-20-18-16-14-12-10-8-6-2/h27-28,31-32,35-36H,5-26,29-30,33-34H2,1-4H3. The van der Waals surface area contributed by atoms with E-state index in [1.165, 1.54) is 140 Å². The topological polar surface area (TPSA) is 88.2 Å². The Morgan fingerprint density at radius 3 is 1.22 bits per heavy atom. The van der Waals surface area contributed by atoms with Gasteiger partial charge in [-0.1, -0.05) is 143 Å². The van der Waals surface area contributed by atoms with E-state index in [4.69, 9.17) is 9.47 Å². The van der Waals surface area contributed by atoms with Gasteiger partial charge in [0.05, 0.1) is 0 Å². The number of hydrogen-bond acceptors (Lipinski definition) is 8. The van der Waals surface area contributed by atoms with Crippen LogP contribution >= 0.6 is 23.5 Å². The second-order valence-corrected chi connectivity index (χ2v) is 17.0. The number of aryl methyl sites for hydroxylation is 2. The number of carbonyl (C=O) groups is 2. The van der Waals surface area contributed by atoms with Gasteiger partial charge in [-0.2, -0.15) is 23.5 Å². The van der Waals surface area contributed by atoms with Crippen LogP contribution in [0.3, 0.4) is 0 Å². The van der Waals surface area contributed by atoms with Crippen molar-refractivity contribution in [3.05, 3.63) is 24.8 Å². The van der Waals surface area contributed by atoms with Crippen LogP contribution in [0.25, 0.3) is 0 Å². The number of nitrogens with zero attached hydrogens (tertiary/aromatic N) is 4. The zero-order valence-corrected chi connectivity index (χ0v) is 33.7. The summed E-state index contributed by atoms with van der Waals surface area (Å²) in [4.78, 5) is 33.6. The maximum Gasteiger partial charge on any atom is 0.425 e. The van der Waals surface area contributed by atoms with Crippen molar-refractivity contribution < 1.29 is 19.1 Å². The number of hydrogen-bond donors (Lipinski definition) is 0. The third kappa shape index (κ3) is 21.4. The Bertz CT molecular complexity index is 1040. The van der Waals surface area contributed by atoms with Gasteiger partial charge in [-0.05, 0) is 37.2 Å². The number of esters is 2. The van der Waals surface area contributed by atoms with E-state index in [0.717, 1.165) is 12.8 Å². The van der Waals surface area contributed by atoms with E-state index < -0.39 is 11.9 Å². The van der Waals surface area contributed by atoms with Crippen molar-refractivity contribution in [3.8, 4) is 12.0 Å². The molecule has 0 aromatic carbocycles. The third-order valence-electron chi connectivity index (χ3n) is 9.24. The lowest BCUT2D eigenvalue weighted by atomic mass is 10.1. The van der Waals surface area contributed by atoms with Crippen LogP contribution in [0.5, 0.6) is 12.0 Å². The Morgan fingerprint density at radius 2 is 0.880 bits per heavy atom. The van der Waals surface area contributed by atoms with Crippen molar-refractivity contribution in [3.63, 3.8) is 0 Å². The Kier molecular flexibility index (Phi) is 26.2. The Morgan fingerprint density at radius 1 is 0.560 bits per heavy atom. The fourth-order valence-corrected chi connectivity index (χ4v) is 8.04. The highest BCUT2D eigenvalue weighted by Crippen LogP contribution is 2.22. The lowest BCUT2D eigenvalue weighted by Gasteiger charge is -2.13. The molecule has 0 fully saturated rings. The predicted molar refractivity (Wildman–Crippen MR) is 212 cm³/mol. The SMILES string of the molecule is CCCCCCCCCCCCSC(C)CCn1ccnc1OC(=O)C(=O)Oc1nccn1CCC(C)SCCCCCCCCCCCC. The van der Waals surface area contributed by atoms with Gasteiger partial charge in [-0.3, -0.25) is 0 Å². The van der Waals surface area contributed by atoms with Gasteiger partial charge in [0.15, 0.2) is 0 Å². The number of aromatic nitrogens is 4. The molecule has 0 bridgehead atoms. The normalized spacial score (nSPS) is 12.6. The van der Waals surface area contributed by atoms with Crippen LogP contribution in [0.2, 0.25) is 0 Å². The summed E-state index contributed by atoms with van der Waals surface area (Å²) in [5.74, 6) is 0.135. The van der Waals surface area contributed by atoms with Crippen molar-refractivity contribution in [2.45, 2.75) is 193 Å². The summed E-state index contributed by atoms with van der Waals surface area (Å²) in [7, 11) is 0. The largest absolute Gasteiger partial charge is 0.425 e. The number of imidazole rings is 2. The Balaban J connectivity index is 1.58. The van der Waals surface area contributed by atoms with E-state index in [1.54, 1.807) is 33.9 Å². The molecule has 0 aliphatic heterocycles. The summed E-state index contributed by atoms with van der Waals surface area (Å²) in [5, 5.41) is 0.952. The van der Waals surface area contributed by atoms with Gasteiger partial charge >= 0.3 is 24.0 Å². The summed E-state index contributed by atoms with van der Waals surface area (Å²) >= 11 is 3.99. The average molecular weight is 735 g/mol. The summed E-state index contributed by atoms with van der Waals surface area (Å²) in [5.41, 5.74) is 0. The van der Waals surface area contributed by atoms with Crippen molar-refractivity contribution in [2.75, 3.05) is 11.5 Å². The maximum absolute atomic E-state index is 12.6. The molecule has 2 rings (SSSR count). The molecule has 10 heteroatoms. The van der Waals surface area contributed by atoms with E-state index in [1.807, 2.05) is 23.5 Å². The minimum absolute atomic E-state index is 0.107. The van der Waals surface area contributed by atoms with Crippen molar-refractivity contribution in [1.82, 2.24) is 19.1 Å². The summed E-state index contributed by atoms with van der Waals surface area (Å²) in [6, 6.07) is 0.214. The van der Waals surface area contributed by atoms with Gasteiger partial charge in [-0.25, -0.2) is 19.6 Å². The quantitative estimate of drug-likeness (QED) is 0.0417. The maximum atomic E-state index is 12.6. The summed E-state index contributed by atoms with van der Waals surface area (Å²) in [6.07, 6.45) is 35.6. The van der Waals surface area contributed by atoms with Crippen LogP contribution in [-0.2, 0) is 22.7 Å². The van der Waals surface area contributed by atoms with Gasteiger partial charge < -0.3 is 18.6 Å². The molecule has 50 heavy (non-hydrogen) atoms. The molecule has 2 atom stereocenters. The molecule has 0 spiro atoms. The highest BCUT2D eigenvalue weighted by Gasteiger charge is 2.24. The summed E-state index contributed by atoms with van der Waals surface area (Å²) in [6.45, 7) is 10.3. The van der Waals surface area contributed by atoms with Crippen molar-refractivity contribution in [2.24, 2.45) is 0 Å². The molecule has 0 N–H and O–H groups in total. The molecule has 2 unspecified atom stereocenters. The second kappa shape index (κ2) is 29.6. The second-order valence-electron chi connectivity index (χ2n) is 13.9. The molecular formula is C40H70N4O4S2. The van der Waals surface area contributed by atoms with Gasteiger partial charge in [0.25, 0.3) is 0 Å². The molecule has 0 aliphatic rings. The monoisotopic (exact) mass is 734 g/mol. The van der Waals surface area contributed by atoms with Crippen molar-refractivity contribution >= 4 is 35.5 Å². The minimum Gasteiger partial charge on any atom is -0.383 e. The van der Waals surface area contributed by atoms with Gasteiger partial charge in [-0.15, -0.1) is 0 Å². The highest BCUT2D eigenvalue weighted by molar-refractivity contribution is 8.00. The smallest absolute Gasteiger partial charge is 0.383 e. The lowest BCUT2D eigenvalue weighted by molar-refractivity contribution is -0.157. The molecule has 286 valence electrons. The first-order valence-electron chi connectivity index (χ1n) is 20.1. The van der Waals surface area contributed by atoms with Crippen LogP contribution in [0.15, 0.2) is 24.8 Å². The molecule has 0 radical (unpaired) electrons. The van der Waals surface area contributed by atoms with Gasteiger partial charge in [0.2, 0.25) is 0 Å². The van der Waals surface area contributed by atoms with E-state index >= 15 is 0 Å². The van der Waals surface area contributed by atoms with Gasteiger partial charge in [0, 0.05) is 48.4 Å². The van der Waals surface area contributed by atoms with Crippen LogP contribution in [0.4, 0.5) is 0 Å². The van der Waals surface area contributed by atoms with E-state index in [9.17, 15) is 9.59 Å². The summed E-state index contributed by atoms with van der Waals surface area (Å²) < 4.78 is 14.2. The molecule has 8 nitrogen and oxygen atoms in total. The fraction of sp³-hybridized carbons (Fsp3) is 0.800. The number of ether oxygens (including phenoxy) is 2. The van der Waals surface area contributed by atoms with Crippen molar-refractivity contribution in [1.29, 1.82) is 0 Å². The van der Waals surface area contributed by atoms with Crippen LogP contribution < -0.4 is 9.47 Å². The van der Waals surface area contributed by atoms with Crippen LogP contribution in [0, 0.1) is 0 Å². The predicted octanol–water partition coefficient (Wildman–Crippen LogP) is 11.5. The zero-order chi connectivity index (χ0) is 36.1. The zero-order valence-electron chi connectivity index (χ0n) is 32.1. The molecule has 2 aromatic rings. The molecule has 0 saturated carbocycles. The molecule has 0 saturated heterocycles. The number of thioether (sulfide) groups is 2. The molecule has 2 aromatic heterocycles. The molecule has 0 amide bonds. The number of unbranched alkanes of at least 4 members (excludes halogenated alkanes) is 18. The van der Waals surface area contributed by atoms with Crippen LogP contribution in [-0.4, -0.2) is 53.0 Å². The van der Waals surface area contributed by atoms with Gasteiger partial charge in [0.1, 0.15) is 0 Å². The molecule has 0 aliphatic carbocycles. The van der Waals surface area contributed by atoms with E-state index in [2.05, 4.69) is 37.7 Å². The van der Waals surface area contributed by atoms with E-state index in [-0.39, 0.29) is 12.0 Å². The first-order valence-corrected chi connectivity index (χ1v) is 22.2. The minimum atomic E-state index is -1.10. The first kappa shape index (κ1) is 44.2. The number of carbonyl (C=O) groups excluding carboxylic acids is 2. The molecule has 2 heterocycles. The fourth-order valence-electron chi connectivity index (χ4n) is 5.95. The Labute approximate surface area is 313 Å². The number of rotatable bonds is 32. The van der Waals surface area contributed by atoms with E-state index in [0.29, 0.717) is 23.6 Å². The third-order valence-corrected chi connectivity index (χ3v) is 11.9. The Hall–Kier alpha value is -1.94. The highest BCUT2D eigenvalue weighted by atomic mass is 32.2. The lowest BCUT2D eigenvalue weighted by Crippen LogP contribution is -2.27. The van der Waals surface area contributed by atoms with Crippen LogP contribution in [0.1, 0.15) is 169 Å². The molecular weight excluding hydrogens is 665 g/mol. The first-order chi connectivity index (χ1) is 24.4.